The minimum atomic E-state index is -3.44. The number of hydrogen-bond acceptors (Lipinski definition) is 6. The van der Waals surface area contributed by atoms with Crippen molar-refractivity contribution in [2.75, 3.05) is 7.11 Å². The summed E-state index contributed by atoms with van der Waals surface area (Å²) in [5.41, 5.74) is 0.666. The largest absolute Gasteiger partial charge is 0.497 e. The number of nitrogens with zero attached hydrogens (tertiary/aromatic N) is 2. The summed E-state index contributed by atoms with van der Waals surface area (Å²) in [6.45, 7) is 3.57. The zero-order chi connectivity index (χ0) is 16.2. The Morgan fingerprint density at radius 3 is 2.82 bits per heavy atom. The molecular formula is C15H20N2O4S. The van der Waals surface area contributed by atoms with Crippen molar-refractivity contribution in [2.24, 2.45) is 0 Å². The molecule has 1 unspecified atom stereocenters. The molecule has 0 spiro atoms. The minimum Gasteiger partial charge on any atom is -0.497 e. The predicted octanol–water partition coefficient (Wildman–Crippen LogP) is 2.71. The molecule has 22 heavy (non-hydrogen) atoms. The maximum atomic E-state index is 12.5. The first-order valence-corrected chi connectivity index (χ1v) is 8.84. The molecule has 2 aromatic rings. The van der Waals surface area contributed by atoms with E-state index in [2.05, 4.69) is 10.1 Å². The Labute approximate surface area is 130 Å². The summed E-state index contributed by atoms with van der Waals surface area (Å²) in [5, 5.41) is 2.97. The van der Waals surface area contributed by atoms with Gasteiger partial charge < -0.3 is 9.26 Å². The highest BCUT2D eigenvalue weighted by Crippen LogP contribution is 2.25. The van der Waals surface area contributed by atoms with E-state index >= 15 is 0 Å². The molecule has 0 bridgehead atoms. The zero-order valence-electron chi connectivity index (χ0n) is 12.9. The summed E-state index contributed by atoms with van der Waals surface area (Å²) in [6, 6.07) is 7.00. The molecule has 0 aliphatic rings. The summed E-state index contributed by atoms with van der Waals surface area (Å²) in [7, 11) is -1.90. The van der Waals surface area contributed by atoms with Gasteiger partial charge in [0.05, 0.1) is 12.9 Å². The molecule has 1 atom stereocenters. The lowest BCUT2D eigenvalue weighted by atomic mass is 10.2. The molecule has 0 saturated carbocycles. The highest BCUT2D eigenvalue weighted by molar-refractivity contribution is 7.90. The first-order valence-electron chi connectivity index (χ1n) is 7.13. The van der Waals surface area contributed by atoms with Crippen LogP contribution in [-0.4, -0.2) is 25.7 Å². The van der Waals surface area contributed by atoms with E-state index < -0.39 is 15.1 Å². The van der Waals surface area contributed by atoms with Crippen molar-refractivity contribution in [3.8, 4) is 5.75 Å². The van der Waals surface area contributed by atoms with Crippen LogP contribution in [0.4, 0.5) is 0 Å². The van der Waals surface area contributed by atoms with E-state index in [0.29, 0.717) is 23.6 Å². The highest BCUT2D eigenvalue weighted by atomic mass is 32.2. The molecule has 6 nitrogen and oxygen atoms in total. The first-order chi connectivity index (χ1) is 10.5. The van der Waals surface area contributed by atoms with Crippen molar-refractivity contribution in [1.29, 1.82) is 0 Å². The Morgan fingerprint density at radius 2 is 2.14 bits per heavy atom. The second kappa shape index (κ2) is 6.91. The lowest BCUT2D eigenvalue weighted by Gasteiger charge is -2.09. The van der Waals surface area contributed by atoms with Gasteiger partial charge in [0.15, 0.2) is 15.7 Å². The fraction of sp³-hybridized carbons (Fsp3) is 0.467. The lowest BCUT2D eigenvalue weighted by molar-refractivity contribution is 0.371. The van der Waals surface area contributed by atoms with E-state index in [4.69, 9.17) is 9.26 Å². The fourth-order valence-corrected chi connectivity index (χ4v) is 3.33. The molecule has 0 aliphatic carbocycles. The fourth-order valence-electron chi connectivity index (χ4n) is 2.03. The van der Waals surface area contributed by atoms with Crippen molar-refractivity contribution in [3.05, 3.63) is 41.5 Å². The average Bonchev–Trinajstić information content (AvgIpc) is 2.95. The molecule has 2 rings (SSSR count). The number of hydrogen-bond donors (Lipinski definition) is 0. The molecule has 1 aromatic heterocycles. The molecule has 0 fully saturated rings. The molecule has 1 heterocycles. The van der Waals surface area contributed by atoms with Crippen LogP contribution in [0.25, 0.3) is 0 Å². The van der Waals surface area contributed by atoms with Crippen molar-refractivity contribution in [2.45, 2.75) is 37.7 Å². The van der Waals surface area contributed by atoms with Gasteiger partial charge in [0.2, 0.25) is 5.89 Å². The van der Waals surface area contributed by atoms with Gasteiger partial charge in [-0.3, -0.25) is 0 Å². The van der Waals surface area contributed by atoms with Crippen LogP contribution in [0.2, 0.25) is 0 Å². The van der Waals surface area contributed by atoms with Gasteiger partial charge in [0, 0.05) is 6.42 Å². The Kier molecular flexibility index (Phi) is 5.18. The normalized spacial score (nSPS) is 13.0. The van der Waals surface area contributed by atoms with Gasteiger partial charge in [-0.15, -0.1) is 0 Å². The zero-order valence-corrected chi connectivity index (χ0v) is 13.8. The van der Waals surface area contributed by atoms with Gasteiger partial charge in [-0.25, -0.2) is 8.42 Å². The summed E-state index contributed by atoms with van der Waals surface area (Å²) in [6.07, 6.45) is 1.55. The monoisotopic (exact) mass is 324 g/mol. The van der Waals surface area contributed by atoms with Crippen molar-refractivity contribution in [3.63, 3.8) is 0 Å². The van der Waals surface area contributed by atoms with Gasteiger partial charge in [0.1, 0.15) is 11.0 Å². The van der Waals surface area contributed by atoms with E-state index in [1.165, 1.54) is 0 Å². The minimum absolute atomic E-state index is 0.100. The van der Waals surface area contributed by atoms with Crippen LogP contribution in [0.3, 0.4) is 0 Å². The summed E-state index contributed by atoms with van der Waals surface area (Å²) in [4.78, 5) is 4.16. The second-order valence-electron chi connectivity index (χ2n) is 5.10. The lowest BCUT2D eigenvalue weighted by Crippen LogP contribution is -2.13. The number of sulfone groups is 1. The average molecular weight is 324 g/mol. The van der Waals surface area contributed by atoms with Crippen LogP contribution in [0.15, 0.2) is 28.8 Å². The van der Waals surface area contributed by atoms with Gasteiger partial charge in [-0.2, -0.15) is 4.98 Å². The summed E-state index contributed by atoms with van der Waals surface area (Å²) >= 11 is 0. The van der Waals surface area contributed by atoms with E-state index in [1.807, 2.05) is 6.92 Å². The Hall–Kier alpha value is -1.89. The maximum Gasteiger partial charge on any atom is 0.244 e. The maximum absolute atomic E-state index is 12.5. The molecule has 0 aliphatic heterocycles. The topological polar surface area (TPSA) is 82.3 Å². The van der Waals surface area contributed by atoms with Crippen LogP contribution in [0.5, 0.6) is 5.75 Å². The number of rotatable bonds is 7. The summed E-state index contributed by atoms with van der Waals surface area (Å²) < 4.78 is 35.2. The van der Waals surface area contributed by atoms with Gasteiger partial charge in [0.25, 0.3) is 0 Å². The van der Waals surface area contributed by atoms with Crippen molar-refractivity contribution >= 4 is 9.84 Å². The second-order valence-corrected chi connectivity index (χ2v) is 7.42. The predicted molar refractivity (Wildman–Crippen MR) is 82.3 cm³/mol. The molecule has 0 amide bonds. The molecular weight excluding hydrogens is 304 g/mol. The van der Waals surface area contributed by atoms with E-state index in [9.17, 15) is 8.42 Å². The molecule has 0 N–H and O–H groups in total. The number of ether oxygens (including phenoxy) is 1. The third kappa shape index (κ3) is 3.85. The quantitative estimate of drug-likeness (QED) is 0.779. The summed E-state index contributed by atoms with van der Waals surface area (Å²) in [5.74, 6) is 1.22. The molecule has 0 radical (unpaired) electrons. The molecule has 0 saturated heterocycles. The highest BCUT2D eigenvalue weighted by Gasteiger charge is 2.28. The molecule has 7 heteroatoms. The van der Waals surface area contributed by atoms with Crippen LogP contribution in [-0.2, 0) is 22.0 Å². The first kappa shape index (κ1) is 16.5. The van der Waals surface area contributed by atoms with Crippen LogP contribution >= 0.6 is 0 Å². The van der Waals surface area contributed by atoms with Crippen LogP contribution in [0.1, 0.15) is 42.8 Å². The van der Waals surface area contributed by atoms with E-state index in [0.717, 1.165) is 6.42 Å². The van der Waals surface area contributed by atoms with Gasteiger partial charge in [-0.1, -0.05) is 24.2 Å². The van der Waals surface area contributed by atoms with Gasteiger partial charge >= 0.3 is 0 Å². The Morgan fingerprint density at radius 1 is 1.36 bits per heavy atom. The van der Waals surface area contributed by atoms with E-state index in [-0.39, 0.29) is 11.6 Å². The van der Waals surface area contributed by atoms with Crippen molar-refractivity contribution in [1.82, 2.24) is 10.1 Å². The standard InChI is InChI=1S/C15H20N2O4S/c1-4-6-14-16-15(21-17-14)11(2)22(18,19)10-12-7-5-8-13(9-12)20-3/h5,7-9,11H,4,6,10H2,1-3H3. The van der Waals surface area contributed by atoms with E-state index in [1.54, 1.807) is 38.3 Å². The van der Waals surface area contributed by atoms with Gasteiger partial charge in [-0.05, 0) is 31.0 Å². The Bertz CT molecular complexity index is 725. The number of aryl methyl sites for hydroxylation is 1. The molecule has 120 valence electrons. The van der Waals surface area contributed by atoms with Crippen LogP contribution < -0.4 is 4.74 Å². The number of aromatic nitrogens is 2. The van der Waals surface area contributed by atoms with Crippen molar-refractivity contribution < 1.29 is 17.7 Å². The Balaban J connectivity index is 2.17. The third-order valence-electron chi connectivity index (χ3n) is 3.35. The molecule has 1 aromatic carbocycles. The SMILES string of the molecule is CCCc1noc(C(C)S(=O)(=O)Cc2cccc(OC)c2)n1. The number of methoxy groups -OCH3 is 1. The van der Waals surface area contributed by atoms with Crippen LogP contribution in [0, 0.1) is 0 Å². The number of benzene rings is 1. The third-order valence-corrected chi connectivity index (χ3v) is 5.36. The smallest absolute Gasteiger partial charge is 0.244 e.